The summed E-state index contributed by atoms with van der Waals surface area (Å²) in [5, 5.41) is 7.20. The molecule has 0 aliphatic rings. The van der Waals surface area contributed by atoms with Gasteiger partial charge in [0, 0.05) is 29.7 Å². The van der Waals surface area contributed by atoms with Crippen molar-refractivity contribution in [3.63, 3.8) is 0 Å². The maximum atomic E-state index is 14.0. The highest BCUT2D eigenvalue weighted by Crippen LogP contribution is 2.22. The lowest BCUT2D eigenvalue weighted by atomic mass is 10.2. The smallest absolute Gasteiger partial charge is 0.242 e. The number of likely N-dealkylation sites (N-methyl/N-ethyl adjacent to an activating group) is 1. The zero-order valence-corrected chi connectivity index (χ0v) is 16.9. The molecule has 0 spiro atoms. The monoisotopic (exact) mass is 420 g/mol. The fourth-order valence-electron chi connectivity index (χ4n) is 2.69. The summed E-state index contributed by atoms with van der Waals surface area (Å²) < 4.78 is 21.1. The molecule has 1 N–H and O–H groups in total. The van der Waals surface area contributed by atoms with E-state index in [2.05, 4.69) is 10.2 Å². The lowest BCUT2D eigenvalue weighted by Crippen LogP contribution is -2.30. The highest BCUT2D eigenvalue weighted by atomic mass is 35.5. The van der Waals surface area contributed by atoms with Gasteiger partial charge in [0.15, 0.2) is 10.6 Å². The van der Waals surface area contributed by atoms with Crippen LogP contribution in [0.3, 0.4) is 0 Å². The van der Waals surface area contributed by atoms with E-state index in [1.165, 1.54) is 17.0 Å². The van der Waals surface area contributed by atoms with Crippen molar-refractivity contribution in [1.82, 2.24) is 19.7 Å². The van der Waals surface area contributed by atoms with Gasteiger partial charge in [-0.05, 0) is 48.6 Å². The molecule has 0 aliphatic carbocycles. The number of ether oxygens (including phenoxy) is 1. The summed E-state index contributed by atoms with van der Waals surface area (Å²) in [5.41, 5.74) is 1.05. The van der Waals surface area contributed by atoms with Crippen molar-refractivity contribution >= 4 is 29.7 Å². The zero-order chi connectivity index (χ0) is 20.3. The van der Waals surface area contributed by atoms with E-state index in [0.717, 1.165) is 5.56 Å². The normalized spacial score (nSPS) is 10.7. The van der Waals surface area contributed by atoms with Crippen LogP contribution in [-0.4, -0.2) is 39.7 Å². The molecule has 2 aromatic carbocycles. The van der Waals surface area contributed by atoms with Crippen LogP contribution < -0.4 is 4.74 Å². The van der Waals surface area contributed by atoms with Gasteiger partial charge in [-0.25, -0.2) is 4.39 Å². The molecule has 9 heteroatoms. The Morgan fingerprint density at radius 2 is 2.04 bits per heavy atom. The summed E-state index contributed by atoms with van der Waals surface area (Å²) in [6.45, 7) is 0.00660. The standard InChI is InChI=1S/C19H18ClFN4O2S/c1-24(10-14-15(20)4-3-5-16(14)21)17(26)11-25-18(22-23-19(25)28)12-6-8-13(27-2)9-7-12/h3-9H,10-11H2,1-2H3,(H,23,28). The predicted molar refractivity (Wildman–Crippen MR) is 107 cm³/mol. The van der Waals surface area contributed by atoms with Gasteiger partial charge in [-0.15, -0.1) is 0 Å². The van der Waals surface area contributed by atoms with Crippen LogP contribution in [0.5, 0.6) is 5.75 Å². The van der Waals surface area contributed by atoms with Gasteiger partial charge in [0.25, 0.3) is 0 Å². The molecule has 1 amide bonds. The first kappa shape index (κ1) is 20.0. The number of carbonyl (C=O) groups is 1. The number of aromatic amines is 1. The summed E-state index contributed by atoms with van der Waals surface area (Å²) in [4.78, 5) is 14.1. The lowest BCUT2D eigenvalue weighted by molar-refractivity contribution is -0.131. The molecular weight excluding hydrogens is 403 g/mol. The molecule has 0 fully saturated rings. The lowest BCUT2D eigenvalue weighted by Gasteiger charge is -2.19. The van der Waals surface area contributed by atoms with Crippen LogP contribution in [0.4, 0.5) is 4.39 Å². The Bertz CT molecular complexity index is 1030. The number of hydrogen-bond acceptors (Lipinski definition) is 4. The van der Waals surface area contributed by atoms with E-state index < -0.39 is 5.82 Å². The van der Waals surface area contributed by atoms with Crippen molar-refractivity contribution in [2.45, 2.75) is 13.1 Å². The van der Waals surface area contributed by atoms with Gasteiger partial charge in [0.1, 0.15) is 18.1 Å². The van der Waals surface area contributed by atoms with E-state index in [-0.39, 0.29) is 29.6 Å². The van der Waals surface area contributed by atoms with Crippen LogP contribution in [0, 0.1) is 10.6 Å². The first-order valence-corrected chi connectivity index (χ1v) is 9.15. The number of aromatic nitrogens is 3. The second-order valence-corrected chi connectivity index (χ2v) is 6.91. The van der Waals surface area contributed by atoms with Crippen molar-refractivity contribution in [2.24, 2.45) is 0 Å². The van der Waals surface area contributed by atoms with Crippen LogP contribution in [0.25, 0.3) is 11.4 Å². The Hall–Kier alpha value is -2.71. The van der Waals surface area contributed by atoms with Crippen LogP contribution in [0.1, 0.15) is 5.56 Å². The first-order valence-electron chi connectivity index (χ1n) is 8.37. The van der Waals surface area contributed by atoms with Gasteiger partial charge in [-0.2, -0.15) is 5.10 Å². The molecule has 0 radical (unpaired) electrons. The summed E-state index contributed by atoms with van der Waals surface area (Å²) in [6.07, 6.45) is 0. The van der Waals surface area contributed by atoms with Crippen LogP contribution in [0.15, 0.2) is 42.5 Å². The van der Waals surface area contributed by atoms with Gasteiger partial charge >= 0.3 is 0 Å². The number of rotatable bonds is 6. The quantitative estimate of drug-likeness (QED) is 0.610. The number of amides is 1. The molecule has 0 saturated carbocycles. The van der Waals surface area contributed by atoms with E-state index in [1.54, 1.807) is 36.9 Å². The largest absolute Gasteiger partial charge is 0.497 e. The molecule has 3 aromatic rings. The van der Waals surface area contributed by atoms with Gasteiger partial charge in [-0.1, -0.05) is 17.7 Å². The summed E-state index contributed by atoms with van der Waals surface area (Å²) in [6, 6.07) is 11.7. The second kappa shape index (κ2) is 8.53. The number of H-pyrrole nitrogens is 1. The van der Waals surface area contributed by atoms with E-state index in [9.17, 15) is 9.18 Å². The van der Waals surface area contributed by atoms with Crippen LogP contribution >= 0.6 is 23.8 Å². The third-order valence-corrected chi connectivity index (χ3v) is 4.95. The molecule has 0 unspecified atom stereocenters. The van der Waals surface area contributed by atoms with Crippen molar-refractivity contribution in [2.75, 3.05) is 14.2 Å². The van der Waals surface area contributed by atoms with E-state index in [1.807, 2.05) is 12.1 Å². The molecule has 1 heterocycles. The summed E-state index contributed by atoms with van der Waals surface area (Å²) >= 11 is 11.3. The van der Waals surface area contributed by atoms with Crippen molar-refractivity contribution < 1.29 is 13.9 Å². The Kier molecular flexibility index (Phi) is 6.11. The van der Waals surface area contributed by atoms with Crippen molar-refractivity contribution in [3.8, 4) is 17.1 Å². The van der Waals surface area contributed by atoms with E-state index >= 15 is 0 Å². The average Bonchev–Trinajstić information content (AvgIpc) is 3.05. The third kappa shape index (κ3) is 4.23. The number of carbonyl (C=O) groups excluding carboxylic acids is 1. The number of nitrogens with zero attached hydrogens (tertiary/aromatic N) is 3. The van der Waals surface area contributed by atoms with Gasteiger partial charge in [-0.3, -0.25) is 14.5 Å². The number of hydrogen-bond donors (Lipinski definition) is 1. The minimum absolute atomic E-state index is 0.0424. The minimum Gasteiger partial charge on any atom is -0.497 e. The van der Waals surface area contributed by atoms with Crippen molar-refractivity contribution in [1.29, 1.82) is 0 Å². The Balaban J connectivity index is 1.80. The molecule has 0 bridgehead atoms. The first-order chi connectivity index (χ1) is 13.4. The highest BCUT2D eigenvalue weighted by Gasteiger charge is 2.18. The average molecular weight is 421 g/mol. The fourth-order valence-corrected chi connectivity index (χ4v) is 3.11. The third-order valence-electron chi connectivity index (χ3n) is 4.28. The summed E-state index contributed by atoms with van der Waals surface area (Å²) in [7, 11) is 3.17. The predicted octanol–water partition coefficient (Wildman–Crippen LogP) is 4.07. The molecule has 28 heavy (non-hydrogen) atoms. The van der Waals surface area contributed by atoms with Gasteiger partial charge in [0.05, 0.1) is 7.11 Å². The van der Waals surface area contributed by atoms with Crippen LogP contribution in [-0.2, 0) is 17.9 Å². The number of benzene rings is 2. The SMILES string of the molecule is COc1ccc(-c2n[nH]c(=S)n2CC(=O)N(C)Cc2c(F)cccc2Cl)cc1. The minimum atomic E-state index is -0.453. The Morgan fingerprint density at radius 1 is 1.32 bits per heavy atom. The molecule has 3 rings (SSSR count). The topological polar surface area (TPSA) is 63.1 Å². The van der Waals surface area contributed by atoms with E-state index in [4.69, 9.17) is 28.6 Å². The Morgan fingerprint density at radius 3 is 2.68 bits per heavy atom. The van der Waals surface area contributed by atoms with Crippen molar-refractivity contribution in [3.05, 3.63) is 63.6 Å². The maximum Gasteiger partial charge on any atom is 0.242 e. The van der Waals surface area contributed by atoms with Crippen LogP contribution in [0.2, 0.25) is 5.02 Å². The second-order valence-electron chi connectivity index (χ2n) is 6.12. The molecule has 0 saturated heterocycles. The number of methoxy groups -OCH3 is 1. The highest BCUT2D eigenvalue weighted by molar-refractivity contribution is 7.71. The number of halogens is 2. The molecular formula is C19H18ClFN4O2S. The molecule has 146 valence electrons. The maximum absolute atomic E-state index is 14.0. The fraction of sp³-hybridized carbons (Fsp3) is 0.211. The molecule has 0 atom stereocenters. The van der Waals surface area contributed by atoms with Gasteiger partial charge in [0.2, 0.25) is 5.91 Å². The molecule has 0 aliphatic heterocycles. The Labute approximate surface area is 171 Å². The van der Waals surface area contributed by atoms with E-state index in [0.29, 0.717) is 16.3 Å². The van der Waals surface area contributed by atoms with Gasteiger partial charge < -0.3 is 9.64 Å². The zero-order valence-electron chi connectivity index (χ0n) is 15.3. The molecule has 1 aromatic heterocycles. The summed E-state index contributed by atoms with van der Waals surface area (Å²) in [5.74, 6) is 0.526. The number of nitrogens with one attached hydrogen (secondary N) is 1. The molecule has 6 nitrogen and oxygen atoms in total.